The number of likely N-dealkylation sites (N-methyl/N-ethyl adjacent to an activating group) is 1. The standard InChI is InChI=1S/C27H31N3O3/c1-3-30(4-2)24(21-12-6-5-7-13-21)18-29-27(32)22-14-10-11-20(17-22)19-33-25-16-9-8-15-23(25)26(28)31/h5-17,24H,3-4,18-19H2,1-2H3,(H2,28,31)(H,29,32). The molecule has 33 heavy (non-hydrogen) atoms. The maximum atomic E-state index is 12.9. The van der Waals surface area contributed by atoms with E-state index >= 15 is 0 Å². The summed E-state index contributed by atoms with van der Waals surface area (Å²) in [4.78, 5) is 26.8. The third kappa shape index (κ3) is 6.43. The van der Waals surface area contributed by atoms with E-state index in [4.69, 9.17) is 10.5 Å². The summed E-state index contributed by atoms with van der Waals surface area (Å²) in [5.74, 6) is -0.257. The number of nitrogens with zero attached hydrogens (tertiary/aromatic N) is 1. The second-order valence-electron chi connectivity index (χ2n) is 7.71. The van der Waals surface area contributed by atoms with Crippen LogP contribution in [0.15, 0.2) is 78.9 Å². The molecular weight excluding hydrogens is 414 g/mol. The molecule has 0 spiro atoms. The Hall–Kier alpha value is -3.64. The van der Waals surface area contributed by atoms with Crippen molar-refractivity contribution in [2.24, 2.45) is 5.73 Å². The molecule has 0 saturated heterocycles. The third-order valence-corrected chi connectivity index (χ3v) is 5.63. The number of nitrogens with one attached hydrogen (secondary N) is 1. The SMILES string of the molecule is CCN(CC)C(CNC(=O)c1cccc(COc2ccccc2C(N)=O)c1)c1ccccc1. The van der Waals surface area contributed by atoms with Crippen LogP contribution in [0.2, 0.25) is 0 Å². The largest absolute Gasteiger partial charge is 0.488 e. The summed E-state index contributed by atoms with van der Waals surface area (Å²) in [5, 5.41) is 3.09. The molecule has 0 aliphatic heterocycles. The maximum Gasteiger partial charge on any atom is 0.252 e. The van der Waals surface area contributed by atoms with Gasteiger partial charge in [-0.05, 0) is 48.5 Å². The van der Waals surface area contributed by atoms with Gasteiger partial charge in [0.2, 0.25) is 0 Å². The minimum absolute atomic E-state index is 0.0990. The van der Waals surface area contributed by atoms with Crippen molar-refractivity contribution < 1.29 is 14.3 Å². The van der Waals surface area contributed by atoms with Crippen LogP contribution in [0.4, 0.5) is 0 Å². The van der Waals surface area contributed by atoms with Gasteiger partial charge in [-0.1, -0.05) is 68.4 Å². The van der Waals surface area contributed by atoms with Gasteiger partial charge in [0.15, 0.2) is 0 Å². The van der Waals surface area contributed by atoms with E-state index in [0.717, 1.165) is 18.7 Å². The zero-order chi connectivity index (χ0) is 23.6. The Kier molecular flexibility index (Phi) is 8.61. The van der Waals surface area contributed by atoms with Crippen LogP contribution in [0.25, 0.3) is 0 Å². The maximum absolute atomic E-state index is 12.9. The summed E-state index contributed by atoms with van der Waals surface area (Å²) in [5.41, 5.74) is 8.30. The number of carbonyl (C=O) groups excluding carboxylic acids is 2. The number of primary amides is 1. The van der Waals surface area contributed by atoms with Crippen molar-refractivity contribution in [1.29, 1.82) is 0 Å². The lowest BCUT2D eigenvalue weighted by Gasteiger charge is -2.30. The fourth-order valence-corrected chi connectivity index (χ4v) is 3.85. The van der Waals surface area contributed by atoms with Crippen LogP contribution in [0.3, 0.4) is 0 Å². The molecule has 0 fully saturated rings. The van der Waals surface area contributed by atoms with Crippen molar-refractivity contribution in [3.63, 3.8) is 0 Å². The lowest BCUT2D eigenvalue weighted by atomic mass is 10.0. The van der Waals surface area contributed by atoms with Crippen LogP contribution in [0.1, 0.15) is 51.7 Å². The van der Waals surface area contributed by atoms with Gasteiger partial charge >= 0.3 is 0 Å². The first-order valence-corrected chi connectivity index (χ1v) is 11.2. The molecule has 0 radical (unpaired) electrons. The summed E-state index contributed by atoms with van der Waals surface area (Å²) >= 11 is 0. The van der Waals surface area contributed by atoms with Gasteiger partial charge in [-0.2, -0.15) is 0 Å². The van der Waals surface area contributed by atoms with E-state index in [-0.39, 0.29) is 18.6 Å². The van der Waals surface area contributed by atoms with Crippen molar-refractivity contribution in [1.82, 2.24) is 10.2 Å². The molecule has 1 unspecified atom stereocenters. The summed E-state index contributed by atoms with van der Waals surface area (Å²) in [6.07, 6.45) is 0. The Morgan fingerprint density at radius 2 is 1.64 bits per heavy atom. The number of rotatable bonds is 11. The zero-order valence-electron chi connectivity index (χ0n) is 19.2. The number of amides is 2. The lowest BCUT2D eigenvalue weighted by molar-refractivity contribution is 0.0934. The number of hydrogen-bond acceptors (Lipinski definition) is 4. The van der Waals surface area contributed by atoms with Crippen LogP contribution < -0.4 is 15.8 Å². The zero-order valence-corrected chi connectivity index (χ0v) is 19.2. The molecule has 0 aliphatic carbocycles. The number of nitrogens with two attached hydrogens (primary N) is 1. The molecule has 2 amide bonds. The summed E-state index contributed by atoms with van der Waals surface area (Å²) in [7, 11) is 0. The molecule has 172 valence electrons. The molecule has 6 nitrogen and oxygen atoms in total. The quantitative estimate of drug-likeness (QED) is 0.464. The molecule has 3 aromatic rings. The van der Waals surface area contributed by atoms with Gasteiger partial charge in [-0.25, -0.2) is 0 Å². The molecule has 0 bridgehead atoms. The number of para-hydroxylation sites is 1. The van der Waals surface area contributed by atoms with Gasteiger partial charge < -0.3 is 15.8 Å². The summed E-state index contributed by atoms with van der Waals surface area (Å²) < 4.78 is 5.80. The van der Waals surface area contributed by atoms with Gasteiger partial charge in [-0.3, -0.25) is 14.5 Å². The normalized spacial score (nSPS) is 11.7. The highest BCUT2D eigenvalue weighted by atomic mass is 16.5. The van der Waals surface area contributed by atoms with E-state index in [1.54, 1.807) is 36.4 Å². The van der Waals surface area contributed by atoms with Gasteiger partial charge in [0.25, 0.3) is 11.8 Å². The minimum atomic E-state index is -0.542. The number of carbonyl (C=O) groups is 2. The summed E-state index contributed by atoms with van der Waals surface area (Å²) in [6, 6.07) is 24.5. The van der Waals surface area contributed by atoms with E-state index in [9.17, 15) is 9.59 Å². The smallest absolute Gasteiger partial charge is 0.252 e. The molecule has 0 saturated carbocycles. The van der Waals surface area contributed by atoms with Crippen molar-refractivity contribution in [2.45, 2.75) is 26.5 Å². The van der Waals surface area contributed by atoms with Crippen LogP contribution in [0, 0.1) is 0 Å². The van der Waals surface area contributed by atoms with Crippen molar-refractivity contribution in [3.05, 3.63) is 101 Å². The number of hydrogen-bond donors (Lipinski definition) is 2. The third-order valence-electron chi connectivity index (χ3n) is 5.63. The highest BCUT2D eigenvalue weighted by Gasteiger charge is 2.19. The molecule has 1 atom stereocenters. The van der Waals surface area contributed by atoms with E-state index in [1.807, 2.05) is 30.3 Å². The molecule has 0 aromatic heterocycles. The molecule has 3 rings (SSSR count). The molecule has 3 N–H and O–H groups in total. The second kappa shape index (κ2) is 11.8. The van der Waals surface area contributed by atoms with Gasteiger partial charge in [0.1, 0.15) is 12.4 Å². The molecule has 6 heteroatoms. The second-order valence-corrected chi connectivity index (χ2v) is 7.71. The van der Waals surface area contributed by atoms with Crippen LogP contribution in [-0.4, -0.2) is 36.3 Å². The first-order chi connectivity index (χ1) is 16.0. The Morgan fingerprint density at radius 3 is 2.33 bits per heavy atom. The highest BCUT2D eigenvalue weighted by molar-refractivity contribution is 5.95. The fourth-order valence-electron chi connectivity index (χ4n) is 3.85. The first kappa shape index (κ1) is 24.0. The topological polar surface area (TPSA) is 84.7 Å². The minimum Gasteiger partial charge on any atom is -0.488 e. The molecule has 0 heterocycles. The van der Waals surface area contributed by atoms with E-state index in [1.165, 1.54) is 5.56 Å². The Labute approximate surface area is 195 Å². The van der Waals surface area contributed by atoms with Crippen molar-refractivity contribution >= 4 is 11.8 Å². The monoisotopic (exact) mass is 445 g/mol. The van der Waals surface area contributed by atoms with Gasteiger partial charge in [0, 0.05) is 12.1 Å². The van der Waals surface area contributed by atoms with Gasteiger partial charge in [-0.15, -0.1) is 0 Å². The Balaban J connectivity index is 1.67. The number of ether oxygens (including phenoxy) is 1. The van der Waals surface area contributed by atoms with Crippen LogP contribution in [0.5, 0.6) is 5.75 Å². The molecule has 0 aliphatic rings. The van der Waals surface area contributed by atoms with Crippen molar-refractivity contribution in [2.75, 3.05) is 19.6 Å². The molecular formula is C27H31N3O3. The number of benzene rings is 3. The predicted molar refractivity (Wildman–Crippen MR) is 130 cm³/mol. The van der Waals surface area contributed by atoms with E-state index in [2.05, 4.69) is 36.2 Å². The Bertz CT molecular complexity index is 1060. The van der Waals surface area contributed by atoms with Crippen LogP contribution in [-0.2, 0) is 6.61 Å². The van der Waals surface area contributed by atoms with E-state index < -0.39 is 5.91 Å². The summed E-state index contributed by atoms with van der Waals surface area (Å²) in [6.45, 7) is 6.77. The Morgan fingerprint density at radius 1 is 0.939 bits per heavy atom. The van der Waals surface area contributed by atoms with Gasteiger partial charge in [0.05, 0.1) is 11.6 Å². The van der Waals surface area contributed by atoms with Crippen molar-refractivity contribution in [3.8, 4) is 5.75 Å². The average molecular weight is 446 g/mol. The molecule has 3 aromatic carbocycles. The first-order valence-electron chi connectivity index (χ1n) is 11.2. The lowest BCUT2D eigenvalue weighted by Crippen LogP contribution is -2.38. The highest BCUT2D eigenvalue weighted by Crippen LogP contribution is 2.21. The van der Waals surface area contributed by atoms with Crippen LogP contribution >= 0.6 is 0 Å². The fraction of sp³-hybridized carbons (Fsp3) is 0.259. The van der Waals surface area contributed by atoms with E-state index in [0.29, 0.717) is 23.4 Å². The predicted octanol–water partition coefficient (Wildman–Crippen LogP) is 4.18. The average Bonchev–Trinajstić information content (AvgIpc) is 2.86.